The lowest BCUT2D eigenvalue weighted by molar-refractivity contribution is 1.26. The third-order valence-electron chi connectivity index (χ3n) is 7.13. The molecule has 0 N–H and O–H groups in total. The molecule has 0 unspecified atom stereocenters. The first-order valence-electron chi connectivity index (χ1n) is 13.7. The predicted octanol–water partition coefficient (Wildman–Crippen LogP) is 10.9. The third kappa shape index (κ3) is 5.25. The van der Waals surface area contributed by atoms with E-state index in [0.717, 1.165) is 34.1 Å². The molecule has 0 spiro atoms. The van der Waals surface area contributed by atoms with Crippen molar-refractivity contribution in [3.05, 3.63) is 169 Å². The van der Waals surface area contributed by atoms with Gasteiger partial charge in [-0.05, 0) is 97.3 Å². The number of hydrogen-bond donors (Lipinski definition) is 0. The molecular weight excluding hydrogens is 484 g/mol. The summed E-state index contributed by atoms with van der Waals surface area (Å²) in [5.74, 6) is 0. The summed E-state index contributed by atoms with van der Waals surface area (Å²) in [6.45, 7) is 4.28. The van der Waals surface area contributed by atoms with E-state index >= 15 is 0 Å². The fourth-order valence-corrected chi connectivity index (χ4v) is 5.27. The van der Waals surface area contributed by atoms with Gasteiger partial charge in [-0.25, -0.2) is 0 Å². The van der Waals surface area contributed by atoms with E-state index in [2.05, 4.69) is 181 Å². The Morgan fingerprint density at radius 1 is 0.350 bits per heavy atom. The molecule has 6 aromatic carbocycles. The highest BCUT2D eigenvalue weighted by Gasteiger charge is 2.17. The van der Waals surface area contributed by atoms with Gasteiger partial charge in [0, 0.05) is 34.0 Å². The molecule has 0 fully saturated rings. The highest BCUT2D eigenvalue weighted by atomic mass is 15.1. The zero-order valence-corrected chi connectivity index (χ0v) is 22.9. The Morgan fingerprint density at radius 2 is 0.800 bits per heavy atom. The first-order chi connectivity index (χ1) is 19.7. The first kappa shape index (κ1) is 25.2. The number of hydrogen-bond acceptors (Lipinski definition) is 2. The standard InChI is InChI=1S/C38H32N2/c1-29-13-11-19-35(27-29)39(36-20-12-14-30(2)28-36)34-25-23-31(24-26-34)37-21-9-10-22-38(37)40(32-15-5-3-6-16-32)33-17-7-4-8-18-33/h3-28H,1-2H3. The molecule has 194 valence electrons. The van der Waals surface area contributed by atoms with Gasteiger partial charge in [0.1, 0.15) is 0 Å². The number of benzene rings is 6. The Labute approximate surface area is 237 Å². The van der Waals surface area contributed by atoms with Crippen LogP contribution in [0.3, 0.4) is 0 Å². The van der Waals surface area contributed by atoms with Gasteiger partial charge in [-0.2, -0.15) is 0 Å². The quantitative estimate of drug-likeness (QED) is 0.208. The van der Waals surface area contributed by atoms with E-state index < -0.39 is 0 Å². The summed E-state index contributed by atoms with van der Waals surface area (Å²) in [6, 6.07) is 56.1. The minimum Gasteiger partial charge on any atom is -0.310 e. The molecule has 0 saturated carbocycles. The maximum absolute atomic E-state index is 2.33. The topological polar surface area (TPSA) is 6.48 Å². The fraction of sp³-hybridized carbons (Fsp3) is 0.0526. The van der Waals surface area contributed by atoms with Crippen LogP contribution in [0.1, 0.15) is 11.1 Å². The lowest BCUT2D eigenvalue weighted by atomic mass is 10.0. The molecule has 0 radical (unpaired) electrons. The van der Waals surface area contributed by atoms with E-state index in [1.165, 1.54) is 22.3 Å². The number of nitrogens with zero attached hydrogens (tertiary/aromatic N) is 2. The summed E-state index contributed by atoms with van der Waals surface area (Å²) in [5.41, 5.74) is 11.7. The number of rotatable bonds is 7. The van der Waals surface area contributed by atoms with Crippen molar-refractivity contribution in [2.24, 2.45) is 0 Å². The van der Waals surface area contributed by atoms with Crippen molar-refractivity contribution >= 4 is 34.1 Å². The monoisotopic (exact) mass is 516 g/mol. The summed E-state index contributed by atoms with van der Waals surface area (Å²) in [6.07, 6.45) is 0. The van der Waals surface area contributed by atoms with Crippen molar-refractivity contribution in [3.8, 4) is 11.1 Å². The Kier molecular flexibility index (Phi) is 7.15. The van der Waals surface area contributed by atoms with Crippen LogP contribution in [0.25, 0.3) is 11.1 Å². The van der Waals surface area contributed by atoms with Gasteiger partial charge in [0.2, 0.25) is 0 Å². The minimum atomic E-state index is 1.13. The molecule has 0 heterocycles. The predicted molar refractivity (Wildman–Crippen MR) is 171 cm³/mol. The van der Waals surface area contributed by atoms with Gasteiger partial charge >= 0.3 is 0 Å². The van der Waals surface area contributed by atoms with Crippen LogP contribution < -0.4 is 9.80 Å². The summed E-state index contributed by atoms with van der Waals surface area (Å²) in [5, 5.41) is 0. The normalized spacial score (nSPS) is 10.8. The maximum Gasteiger partial charge on any atom is 0.0540 e. The van der Waals surface area contributed by atoms with E-state index in [1.54, 1.807) is 0 Å². The zero-order valence-electron chi connectivity index (χ0n) is 22.9. The van der Waals surface area contributed by atoms with Crippen LogP contribution in [0.4, 0.5) is 34.1 Å². The van der Waals surface area contributed by atoms with Crippen molar-refractivity contribution in [3.63, 3.8) is 0 Å². The van der Waals surface area contributed by atoms with Crippen LogP contribution in [0.15, 0.2) is 158 Å². The second-order valence-corrected chi connectivity index (χ2v) is 10.1. The van der Waals surface area contributed by atoms with Crippen LogP contribution in [-0.4, -0.2) is 0 Å². The van der Waals surface area contributed by atoms with Gasteiger partial charge < -0.3 is 9.80 Å². The van der Waals surface area contributed by atoms with Crippen LogP contribution in [0, 0.1) is 13.8 Å². The van der Waals surface area contributed by atoms with Crippen molar-refractivity contribution < 1.29 is 0 Å². The summed E-state index contributed by atoms with van der Waals surface area (Å²) in [7, 11) is 0. The Balaban J connectivity index is 1.44. The molecule has 0 aliphatic heterocycles. The van der Waals surface area contributed by atoms with Crippen molar-refractivity contribution in [1.82, 2.24) is 0 Å². The van der Waals surface area contributed by atoms with Gasteiger partial charge in [-0.15, -0.1) is 0 Å². The van der Waals surface area contributed by atoms with Crippen LogP contribution >= 0.6 is 0 Å². The minimum absolute atomic E-state index is 1.13. The second kappa shape index (κ2) is 11.3. The molecule has 6 rings (SSSR count). The van der Waals surface area contributed by atoms with Crippen molar-refractivity contribution in [1.29, 1.82) is 0 Å². The van der Waals surface area contributed by atoms with E-state index in [9.17, 15) is 0 Å². The lowest BCUT2D eigenvalue weighted by Gasteiger charge is -2.28. The van der Waals surface area contributed by atoms with Gasteiger partial charge in [-0.1, -0.05) is 91.0 Å². The molecule has 2 nitrogen and oxygen atoms in total. The van der Waals surface area contributed by atoms with Crippen LogP contribution in [-0.2, 0) is 0 Å². The third-order valence-corrected chi connectivity index (χ3v) is 7.13. The highest BCUT2D eigenvalue weighted by Crippen LogP contribution is 2.42. The second-order valence-electron chi connectivity index (χ2n) is 10.1. The maximum atomic E-state index is 2.33. The average molecular weight is 517 g/mol. The van der Waals surface area contributed by atoms with Crippen molar-refractivity contribution in [2.75, 3.05) is 9.80 Å². The van der Waals surface area contributed by atoms with Crippen LogP contribution in [0.5, 0.6) is 0 Å². The van der Waals surface area contributed by atoms with E-state index in [4.69, 9.17) is 0 Å². The van der Waals surface area contributed by atoms with E-state index in [0.29, 0.717) is 0 Å². The Bertz CT molecular complexity index is 1620. The fourth-order valence-electron chi connectivity index (χ4n) is 5.27. The summed E-state index contributed by atoms with van der Waals surface area (Å²) in [4.78, 5) is 4.66. The molecule has 6 aromatic rings. The van der Waals surface area contributed by atoms with Crippen molar-refractivity contribution in [2.45, 2.75) is 13.8 Å². The summed E-state index contributed by atoms with van der Waals surface area (Å²) < 4.78 is 0. The van der Waals surface area contributed by atoms with Gasteiger partial charge in [0.05, 0.1) is 5.69 Å². The molecule has 2 heteroatoms. The zero-order chi connectivity index (χ0) is 27.3. The number of anilines is 6. The molecule has 40 heavy (non-hydrogen) atoms. The SMILES string of the molecule is Cc1cccc(N(c2ccc(-c3ccccc3N(c3ccccc3)c3ccccc3)cc2)c2cccc(C)c2)c1. The number of para-hydroxylation sites is 3. The smallest absolute Gasteiger partial charge is 0.0540 e. The first-order valence-corrected chi connectivity index (χ1v) is 13.7. The average Bonchev–Trinajstić information content (AvgIpc) is 2.99. The Morgan fingerprint density at radius 3 is 1.32 bits per heavy atom. The molecule has 0 aromatic heterocycles. The highest BCUT2D eigenvalue weighted by molar-refractivity contribution is 5.89. The molecule has 0 aliphatic carbocycles. The molecule has 0 amide bonds. The molecular formula is C38H32N2. The molecule has 0 saturated heterocycles. The van der Waals surface area contributed by atoms with Gasteiger partial charge in [0.25, 0.3) is 0 Å². The van der Waals surface area contributed by atoms with Gasteiger partial charge in [-0.3, -0.25) is 0 Å². The Hall–Kier alpha value is -5.08. The molecule has 0 aliphatic rings. The van der Waals surface area contributed by atoms with Gasteiger partial charge in [0.15, 0.2) is 0 Å². The lowest BCUT2D eigenvalue weighted by Crippen LogP contribution is -2.11. The van der Waals surface area contributed by atoms with Crippen LogP contribution in [0.2, 0.25) is 0 Å². The molecule has 0 atom stereocenters. The molecule has 0 bridgehead atoms. The largest absolute Gasteiger partial charge is 0.310 e. The van der Waals surface area contributed by atoms with E-state index in [-0.39, 0.29) is 0 Å². The van der Waals surface area contributed by atoms with E-state index in [1.807, 2.05) is 0 Å². The summed E-state index contributed by atoms with van der Waals surface area (Å²) >= 11 is 0. The number of aryl methyl sites for hydroxylation is 2.